The minimum Gasteiger partial charge on any atom is -0.483 e. The summed E-state index contributed by atoms with van der Waals surface area (Å²) >= 11 is 0. The number of anilines is 2. The highest BCUT2D eigenvalue weighted by Crippen LogP contribution is 2.41. The topological polar surface area (TPSA) is 76.7 Å². The summed E-state index contributed by atoms with van der Waals surface area (Å²) in [7, 11) is 0. The maximum absolute atomic E-state index is 13.9. The fraction of sp³-hybridized carbons (Fsp3) is 0.300. The van der Waals surface area contributed by atoms with Gasteiger partial charge >= 0.3 is 0 Å². The van der Waals surface area contributed by atoms with E-state index in [1.165, 1.54) is 25.1 Å². The second-order valence-electron chi connectivity index (χ2n) is 7.00. The van der Waals surface area contributed by atoms with Crippen LogP contribution in [0.3, 0.4) is 0 Å². The zero-order valence-electron chi connectivity index (χ0n) is 15.4. The molecule has 1 heterocycles. The van der Waals surface area contributed by atoms with Gasteiger partial charge in [0.05, 0.1) is 5.69 Å². The highest BCUT2D eigenvalue weighted by molar-refractivity contribution is 5.94. The van der Waals surface area contributed by atoms with Crippen molar-refractivity contribution in [3.8, 4) is 11.5 Å². The predicted octanol–water partition coefficient (Wildman–Crippen LogP) is 3.52. The molecule has 0 aliphatic carbocycles. The van der Waals surface area contributed by atoms with Crippen LogP contribution in [0.25, 0.3) is 0 Å². The highest BCUT2D eigenvalue weighted by atomic mass is 19.1. The third kappa shape index (κ3) is 4.55. The Kier molecular flexibility index (Phi) is 5.03. The van der Waals surface area contributed by atoms with Crippen molar-refractivity contribution in [2.24, 2.45) is 0 Å². The molecule has 2 amide bonds. The number of ether oxygens (including phenoxy) is 2. The Morgan fingerprint density at radius 2 is 2.00 bits per heavy atom. The van der Waals surface area contributed by atoms with Crippen molar-refractivity contribution < 1.29 is 23.5 Å². The largest absolute Gasteiger partial charge is 0.483 e. The molecule has 3 rings (SSSR count). The van der Waals surface area contributed by atoms with Crippen LogP contribution in [0.2, 0.25) is 0 Å². The van der Waals surface area contributed by atoms with Crippen LogP contribution in [0.15, 0.2) is 36.4 Å². The van der Waals surface area contributed by atoms with Crippen LogP contribution in [-0.4, -0.2) is 24.0 Å². The molecule has 1 aliphatic heterocycles. The summed E-state index contributed by atoms with van der Waals surface area (Å²) in [6.45, 7) is 5.00. The average molecular weight is 372 g/mol. The van der Waals surface area contributed by atoms with E-state index in [0.717, 1.165) is 12.0 Å². The number of halogens is 1. The van der Waals surface area contributed by atoms with E-state index in [2.05, 4.69) is 10.6 Å². The number of nitrogens with one attached hydrogen (secondary N) is 2. The van der Waals surface area contributed by atoms with Crippen LogP contribution in [-0.2, 0) is 16.0 Å². The Hall–Kier alpha value is -3.09. The zero-order valence-corrected chi connectivity index (χ0v) is 15.4. The van der Waals surface area contributed by atoms with Gasteiger partial charge in [-0.25, -0.2) is 4.39 Å². The minimum absolute atomic E-state index is 0.0366. The van der Waals surface area contributed by atoms with Crippen LogP contribution < -0.4 is 20.1 Å². The predicted molar refractivity (Wildman–Crippen MR) is 99.7 cm³/mol. The molecular formula is C20H21FN2O4. The SMILES string of the molecule is CC(=O)Nc1ccc(F)c(NC(=O)COc2cccc3c2OC(C)(C)C3)c1. The van der Waals surface area contributed by atoms with Gasteiger partial charge in [-0.3, -0.25) is 9.59 Å². The summed E-state index contributed by atoms with van der Waals surface area (Å²) in [4.78, 5) is 23.3. The van der Waals surface area contributed by atoms with E-state index in [4.69, 9.17) is 9.47 Å². The van der Waals surface area contributed by atoms with Crippen LogP contribution >= 0.6 is 0 Å². The van der Waals surface area contributed by atoms with Gasteiger partial charge in [0.25, 0.3) is 5.91 Å². The van der Waals surface area contributed by atoms with E-state index >= 15 is 0 Å². The van der Waals surface area contributed by atoms with Crippen molar-refractivity contribution in [3.63, 3.8) is 0 Å². The number of amides is 2. The molecule has 0 aromatic heterocycles. The number of rotatable bonds is 5. The Bertz CT molecular complexity index is 896. The van der Waals surface area contributed by atoms with E-state index in [1.807, 2.05) is 26.0 Å². The van der Waals surface area contributed by atoms with E-state index in [0.29, 0.717) is 17.2 Å². The summed E-state index contributed by atoms with van der Waals surface area (Å²) < 4.78 is 25.4. The van der Waals surface area contributed by atoms with Crippen molar-refractivity contribution >= 4 is 23.2 Å². The second kappa shape index (κ2) is 7.26. The third-order valence-corrected chi connectivity index (χ3v) is 3.97. The molecule has 0 bridgehead atoms. The molecule has 0 saturated carbocycles. The molecule has 0 radical (unpaired) electrons. The standard InChI is InChI=1S/C20H21FN2O4/c1-12(24)22-14-7-8-15(21)16(9-14)23-18(25)11-26-17-6-4-5-13-10-20(2,3)27-19(13)17/h4-9H,10-11H2,1-3H3,(H,22,24)(H,23,25). The molecule has 0 atom stereocenters. The number of hydrogen-bond donors (Lipinski definition) is 2. The second-order valence-corrected chi connectivity index (χ2v) is 7.00. The van der Waals surface area contributed by atoms with Crippen molar-refractivity contribution in [1.82, 2.24) is 0 Å². The Morgan fingerprint density at radius 3 is 2.74 bits per heavy atom. The van der Waals surface area contributed by atoms with Crippen molar-refractivity contribution in [2.45, 2.75) is 32.8 Å². The molecule has 7 heteroatoms. The van der Waals surface area contributed by atoms with Gasteiger partial charge in [0.1, 0.15) is 11.4 Å². The summed E-state index contributed by atoms with van der Waals surface area (Å²) in [5.74, 6) is -0.315. The molecule has 0 saturated heterocycles. The first kappa shape index (κ1) is 18.7. The summed E-state index contributed by atoms with van der Waals surface area (Å²) in [6.07, 6.45) is 0.757. The first-order chi connectivity index (χ1) is 12.7. The van der Waals surface area contributed by atoms with E-state index < -0.39 is 11.7 Å². The summed E-state index contributed by atoms with van der Waals surface area (Å²) in [5, 5.41) is 4.98. The van der Waals surface area contributed by atoms with Crippen molar-refractivity contribution in [3.05, 3.63) is 47.8 Å². The van der Waals surface area contributed by atoms with E-state index in [1.54, 1.807) is 6.07 Å². The quantitative estimate of drug-likeness (QED) is 0.842. The van der Waals surface area contributed by atoms with Gasteiger partial charge in [0.15, 0.2) is 18.1 Å². The van der Waals surface area contributed by atoms with E-state index in [9.17, 15) is 14.0 Å². The fourth-order valence-corrected chi connectivity index (χ4v) is 2.93. The lowest BCUT2D eigenvalue weighted by molar-refractivity contribution is -0.118. The lowest BCUT2D eigenvalue weighted by Crippen LogP contribution is -2.25. The van der Waals surface area contributed by atoms with Gasteiger partial charge in [0, 0.05) is 24.6 Å². The number of carbonyl (C=O) groups excluding carboxylic acids is 2. The number of carbonyl (C=O) groups is 2. The lowest BCUT2D eigenvalue weighted by Gasteiger charge is -2.18. The number of hydrogen-bond acceptors (Lipinski definition) is 4. The summed E-state index contributed by atoms with van der Waals surface area (Å²) in [6, 6.07) is 9.45. The molecular weight excluding hydrogens is 351 g/mol. The van der Waals surface area contributed by atoms with Gasteiger partial charge in [-0.15, -0.1) is 0 Å². The monoisotopic (exact) mass is 372 g/mol. The van der Waals surface area contributed by atoms with Crippen LogP contribution in [0.5, 0.6) is 11.5 Å². The Morgan fingerprint density at radius 1 is 1.22 bits per heavy atom. The van der Waals surface area contributed by atoms with Crippen LogP contribution in [0, 0.1) is 5.82 Å². The first-order valence-electron chi connectivity index (χ1n) is 8.54. The molecule has 0 spiro atoms. The molecule has 2 aromatic rings. The number of para-hydroxylation sites is 1. The molecule has 2 N–H and O–H groups in total. The third-order valence-electron chi connectivity index (χ3n) is 3.97. The number of benzene rings is 2. The van der Waals surface area contributed by atoms with Gasteiger partial charge < -0.3 is 20.1 Å². The molecule has 0 unspecified atom stereocenters. The average Bonchev–Trinajstić information content (AvgIpc) is 2.90. The fourth-order valence-electron chi connectivity index (χ4n) is 2.93. The van der Waals surface area contributed by atoms with Gasteiger partial charge in [-0.2, -0.15) is 0 Å². The molecule has 6 nitrogen and oxygen atoms in total. The van der Waals surface area contributed by atoms with Gasteiger partial charge in [-0.1, -0.05) is 12.1 Å². The van der Waals surface area contributed by atoms with E-state index in [-0.39, 0.29) is 23.8 Å². The highest BCUT2D eigenvalue weighted by Gasteiger charge is 2.32. The maximum Gasteiger partial charge on any atom is 0.262 e. The number of fused-ring (bicyclic) bond motifs is 1. The van der Waals surface area contributed by atoms with Gasteiger partial charge in [-0.05, 0) is 38.1 Å². The first-order valence-corrected chi connectivity index (χ1v) is 8.54. The van der Waals surface area contributed by atoms with Crippen molar-refractivity contribution in [2.75, 3.05) is 17.2 Å². The normalized spacial score (nSPS) is 14.1. The summed E-state index contributed by atoms with van der Waals surface area (Å²) in [5.41, 5.74) is 1.05. The minimum atomic E-state index is -0.608. The molecule has 0 fully saturated rings. The molecule has 27 heavy (non-hydrogen) atoms. The Labute approximate surface area is 156 Å². The van der Waals surface area contributed by atoms with Crippen molar-refractivity contribution in [1.29, 1.82) is 0 Å². The van der Waals surface area contributed by atoms with Crippen LogP contribution in [0.1, 0.15) is 26.3 Å². The van der Waals surface area contributed by atoms with Crippen LogP contribution in [0.4, 0.5) is 15.8 Å². The smallest absolute Gasteiger partial charge is 0.262 e. The maximum atomic E-state index is 13.9. The lowest BCUT2D eigenvalue weighted by atomic mass is 10.0. The zero-order chi connectivity index (χ0) is 19.6. The molecule has 1 aliphatic rings. The van der Waals surface area contributed by atoms with Gasteiger partial charge in [0.2, 0.25) is 5.91 Å². The Balaban J connectivity index is 1.65. The molecule has 2 aromatic carbocycles. The molecule has 142 valence electrons.